The average Bonchev–Trinajstić information content (AvgIpc) is 3.07. The highest BCUT2D eigenvalue weighted by Crippen LogP contribution is 2.00. The van der Waals surface area contributed by atoms with Crippen molar-refractivity contribution in [1.29, 1.82) is 0 Å². The summed E-state index contributed by atoms with van der Waals surface area (Å²) in [5.41, 5.74) is 6.44. The molecule has 1 fully saturated rings. The molecule has 2 unspecified atom stereocenters. The number of amides is 2. The smallest absolute Gasteiger partial charge is 0.263 e. The van der Waals surface area contributed by atoms with Crippen molar-refractivity contribution in [1.82, 2.24) is 26.1 Å². The number of pyridine rings is 1. The van der Waals surface area contributed by atoms with Crippen LogP contribution in [0, 0.1) is 0 Å². The maximum absolute atomic E-state index is 12.6. The van der Waals surface area contributed by atoms with Gasteiger partial charge in [0, 0.05) is 25.3 Å². The molecule has 2 amide bonds. The lowest BCUT2D eigenvalue weighted by atomic mass is 10.2. The molecule has 0 saturated carbocycles. The van der Waals surface area contributed by atoms with Crippen LogP contribution in [-0.4, -0.2) is 35.0 Å². The fraction of sp³-hybridized carbons (Fsp3) is 0.316. The molecule has 1 aromatic heterocycles. The molecule has 1 aliphatic heterocycles. The van der Waals surface area contributed by atoms with Gasteiger partial charge in [0.25, 0.3) is 11.5 Å². The summed E-state index contributed by atoms with van der Waals surface area (Å²) >= 11 is 0. The highest BCUT2D eigenvalue weighted by molar-refractivity contribution is 5.93. The lowest BCUT2D eigenvalue weighted by Crippen LogP contribution is -2.45. The summed E-state index contributed by atoms with van der Waals surface area (Å²) in [7, 11) is 0. The molecule has 0 aliphatic carbocycles. The topological polar surface area (TPSA) is 104 Å². The molecule has 1 aromatic carbocycles. The number of hydrogen-bond acceptors (Lipinski definition) is 5. The molecule has 8 heteroatoms. The van der Waals surface area contributed by atoms with E-state index in [-0.39, 0.29) is 30.1 Å². The molecule has 1 saturated heterocycles. The van der Waals surface area contributed by atoms with Crippen LogP contribution in [0.1, 0.15) is 22.8 Å². The predicted molar refractivity (Wildman–Crippen MR) is 101 cm³/mol. The van der Waals surface area contributed by atoms with Gasteiger partial charge >= 0.3 is 0 Å². The highest BCUT2D eigenvalue weighted by atomic mass is 16.2. The molecular weight excluding hydrogens is 346 g/mol. The summed E-state index contributed by atoms with van der Waals surface area (Å²) in [6.45, 7) is 2.76. The van der Waals surface area contributed by atoms with Gasteiger partial charge in [-0.3, -0.25) is 25.2 Å². The van der Waals surface area contributed by atoms with E-state index >= 15 is 0 Å². The van der Waals surface area contributed by atoms with Crippen molar-refractivity contribution in [3.63, 3.8) is 0 Å². The molecule has 1 aliphatic rings. The first kappa shape index (κ1) is 18.8. The molecule has 0 radical (unpaired) electrons. The first-order valence-corrected chi connectivity index (χ1v) is 8.84. The zero-order chi connectivity index (χ0) is 19.2. The van der Waals surface area contributed by atoms with E-state index < -0.39 is 11.5 Å². The molecule has 8 nitrogen and oxygen atoms in total. The fourth-order valence-electron chi connectivity index (χ4n) is 2.90. The van der Waals surface area contributed by atoms with Crippen molar-refractivity contribution in [2.24, 2.45) is 0 Å². The Kier molecular flexibility index (Phi) is 6.00. The van der Waals surface area contributed by atoms with Crippen LogP contribution in [-0.2, 0) is 17.9 Å². The first-order chi connectivity index (χ1) is 13.0. The Balaban J connectivity index is 1.63. The minimum Gasteiger partial charge on any atom is -0.349 e. The Morgan fingerprint density at radius 1 is 1.19 bits per heavy atom. The number of benzene rings is 1. The van der Waals surface area contributed by atoms with Gasteiger partial charge in [-0.15, -0.1) is 0 Å². The molecule has 2 atom stereocenters. The summed E-state index contributed by atoms with van der Waals surface area (Å²) in [6, 6.07) is 12.5. The Labute approximate surface area is 156 Å². The van der Waals surface area contributed by atoms with E-state index in [4.69, 9.17) is 0 Å². The van der Waals surface area contributed by atoms with E-state index in [1.807, 2.05) is 37.3 Å². The van der Waals surface area contributed by atoms with Crippen molar-refractivity contribution >= 4 is 11.8 Å². The number of carbonyl (C=O) groups excluding carboxylic acids is 2. The Morgan fingerprint density at radius 3 is 2.67 bits per heavy atom. The third-order valence-electron chi connectivity index (χ3n) is 4.48. The van der Waals surface area contributed by atoms with Crippen LogP contribution in [0.25, 0.3) is 0 Å². The number of hydrazine groups is 1. The second-order valence-corrected chi connectivity index (χ2v) is 6.51. The fourth-order valence-corrected chi connectivity index (χ4v) is 2.90. The monoisotopic (exact) mass is 369 g/mol. The third-order valence-corrected chi connectivity index (χ3v) is 4.48. The molecule has 2 heterocycles. The largest absolute Gasteiger partial charge is 0.349 e. The molecule has 3 rings (SSSR count). The lowest BCUT2D eigenvalue weighted by molar-refractivity contribution is -0.122. The molecule has 0 spiro atoms. The predicted octanol–water partition coefficient (Wildman–Crippen LogP) is -0.241. The zero-order valence-electron chi connectivity index (χ0n) is 15.1. The van der Waals surface area contributed by atoms with E-state index in [0.717, 1.165) is 5.56 Å². The quantitative estimate of drug-likeness (QED) is 0.563. The van der Waals surface area contributed by atoms with Crippen LogP contribution in [0.15, 0.2) is 53.5 Å². The first-order valence-electron chi connectivity index (χ1n) is 8.84. The number of carbonyl (C=O) groups is 2. The summed E-state index contributed by atoms with van der Waals surface area (Å²) in [5, 5.41) is 5.61. The lowest BCUT2D eigenvalue weighted by Gasteiger charge is -2.16. The number of nitrogens with zero attached hydrogens (tertiary/aromatic N) is 1. The van der Waals surface area contributed by atoms with Crippen molar-refractivity contribution in [3.05, 3.63) is 70.1 Å². The van der Waals surface area contributed by atoms with Crippen LogP contribution in [0.5, 0.6) is 0 Å². The van der Waals surface area contributed by atoms with E-state index in [1.165, 1.54) is 16.8 Å². The number of rotatable bonds is 6. The average molecular weight is 369 g/mol. The highest BCUT2D eigenvalue weighted by Gasteiger charge is 2.24. The van der Waals surface area contributed by atoms with Crippen molar-refractivity contribution in [2.45, 2.75) is 32.1 Å². The minimum absolute atomic E-state index is 0.0128. The summed E-state index contributed by atoms with van der Waals surface area (Å²) in [4.78, 5) is 37.1. The molecule has 142 valence electrons. The zero-order valence-corrected chi connectivity index (χ0v) is 15.1. The van der Waals surface area contributed by atoms with Gasteiger partial charge in [-0.05, 0) is 24.6 Å². The minimum atomic E-state index is -0.492. The van der Waals surface area contributed by atoms with Crippen molar-refractivity contribution in [2.75, 3.05) is 6.54 Å². The van der Waals surface area contributed by atoms with Gasteiger partial charge in [-0.2, -0.15) is 0 Å². The van der Waals surface area contributed by atoms with Crippen LogP contribution in [0.4, 0.5) is 0 Å². The molecular formula is C19H23N5O3. The van der Waals surface area contributed by atoms with Gasteiger partial charge in [0.05, 0.1) is 6.04 Å². The van der Waals surface area contributed by atoms with E-state index in [1.54, 1.807) is 6.07 Å². The normalized spacial score (nSPS) is 18.9. The SMILES string of the molecule is CC1NNCC1NC(=O)Cn1cccc(C(=O)NCc2ccccc2)c1=O. The standard InChI is InChI=1S/C19H23N5O3/c1-13-16(11-21-23-13)22-17(25)12-24-9-5-8-15(19(24)27)18(26)20-10-14-6-3-2-4-7-14/h2-9,13,16,21,23H,10-12H2,1H3,(H,20,26)(H,22,25). The summed E-state index contributed by atoms with van der Waals surface area (Å²) < 4.78 is 1.24. The van der Waals surface area contributed by atoms with Crippen LogP contribution in [0.3, 0.4) is 0 Å². The Morgan fingerprint density at radius 2 is 1.96 bits per heavy atom. The van der Waals surface area contributed by atoms with Gasteiger partial charge in [-0.25, -0.2) is 0 Å². The van der Waals surface area contributed by atoms with E-state index in [9.17, 15) is 14.4 Å². The van der Waals surface area contributed by atoms with Crippen molar-refractivity contribution in [3.8, 4) is 0 Å². The maximum atomic E-state index is 12.6. The van der Waals surface area contributed by atoms with Gasteiger partial charge in [-0.1, -0.05) is 30.3 Å². The van der Waals surface area contributed by atoms with Crippen LogP contribution in [0.2, 0.25) is 0 Å². The Hall–Kier alpha value is -2.97. The summed E-state index contributed by atoms with van der Waals surface area (Å²) in [6.07, 6.45) is 1.50. The van der Waals surface area contributed by atoms with Gasteiger partial charge < -0.3 is 15.2 Å². The van der Waals surface area contributed by atoms with E-state index in [0.29, 0.717) is 13.1 Å². The summed E-state index contributed by atoms with van der Waals surface area (Å²) in [5.74, 6) is -0.738. The molecule has 4 N–H and O–H groups in total. The van der Waals surface area contributed by atoms with Gasteiger partial charge in [0.1, 0.15) is 12.1 Å². The maximum Gasteiger partial charge on any atom is 0.263 e. The van der Waals surface area contributed by atoms with Crippen LogP contribution >= 0.6 is 0 Å². The third kappa shape index (κ3) is 4.81. The second kappa shape index (κ2) is 8.61. The number of nitrogens with one attached hydrogen (secondary N) is 4. The van der Waals surface area contributed by atoms with E-state index in [2.05, 4.69) is 21.5 Å². The Bertz CT molecular complexity index is 865. The second-order valence-electron chi connectivity index (χ2n) is 6.51. The molecule has 27 heavy (non-hydrogen) atoms. The van der Waals surface area contributed by atoms with Gasteiger partial charge in [0.15, 0.2) is 0 Å². The molecule has 0 bridgehead atoms. The number of aromatic nitrogens is 1. The molecule has 2 aromatic rings. The van der Waals surface area contributed by atoms with Gasteiger partial charge in [0.2, 0.25) is 5.91 Å². The number of hydrogen-bond donors (Lipinski definition) is 4. The van der Waals surface area contributed by atoms with Crippen LogP contribution < -0.4 is 27.0 Å². The van der Waals surface area contributed by atoms with Crippen molar-refractivity contribution < 1.29 is 9.59 Å².